The van der Waals surface area contributed by atoms with Crippen LogP contribution in [0, 0.1) is 6.92 Å². The predicted molar refractivity (Wildman–Crippen MR) is 83.4 cm³/mol. The third-order valence-corrected chi connectivity index (χ3v) is 4.53. The van der Waals surface area contributed by atoms with Gasteiger partial charge in [-0.2, -0.15) is 0 Å². The second-order valence-corrected chi connectivity index (χ2v) is 5.68. The summed E-state index contributed by atoms with van der Waals surface area (Å²) in [5.41, 5.74) is 5.51. The van der Waals surface area contributed by atoms with E-state index >= 15 is 0 Å². The Morgan fingerprint density at radius 3 is 2.52 bits per heavy atom. The molecule has 0 spiro atoms. The molecular formula is C17H22N2O2. The summed E-state index contributed by atoms with van der Waals surface area (Å²) in [6.45, 7) is 9.43. The SMILES string of the molecule is CCOC(=O)c1c(C)n(C)c2cc3c(cc12)CN(CC)C3. The van der Waals surface area contributed by atoms with Gasteiger partial charge in [0.25, 0.3) is 0 Å². The van der Waals surface area contributed by atoms with Crippen LogP contribution in [0.15, 0.2) is 12.1 Å². The van der Waals surface area contributed by atoms with Crippen LogP contribution < -0.4 is 0 Å². The van der Waals surface area contributed by atoms with E-state index in [0.717, 1.165) is 36.2 Å². The van der Waals surface area contributed by atoms with E-state index in [4.69, 9.17) is 4.74 Å². The number of rotatable bonds is 3. The van der Waals surface area contributed by atoms with Gasteiger partial charge in [-0.3, -0.25) is 4.90 Å². The number of carbonyl (C=O) groups excluding carboxylic acids is 1. The van der Waals surface area contributed by atoms with E-state index in [0.29, 0.717) is 12.2 Å². The van der Waals surface area contributed by atoms with Crippen LogP contribution in [0.2, 0.25) is 0 Å². The van der Waals surface area contributed by atoms with Crippen molar-refractivity contribution in [3.63, 3.8) is 0 Å². The van der Waals surface area contributed by atoms with Crippen molar-refractivity contribution in [2.45, 2.75) is 33.9 Å². The molecule has 4 heteroatoms. The summed E-state index contributed by atoms with van der Waals surface area (Å²) in [6, 6.07) is 4.41. The van der Waals surface area contributed by atoms with Crippen LogP contribution in [-0.4, -0.2) is 28.6 Å². The molecule has 112 valence electrons. The van der Waals surface area contributed by atoms with Crippen molar-refractivity contribution in [1.82, 2.24) is 9.47 Å². The minimum atomic E-state index is -0.217. The molecule has 1 aromatic carbocycles. The average molecular weight is 286 g/mol. The molecule has 0 atom stereocenters. The van der Waals surface area contributed by atoms with Gasteiger partial charge in [0.2, 0.25) is 0 Å². The third kappa shape index (κ3) is 2.14. The molecule has 1 aliphatic heterocycles. The molecular weight excluding hydrogens is 264 g/mol. The van der Waals surface area contributed by atoms with E-state index < -0.39 is 0 Å². The van der Waals surface area contributed by atoms with Gasteiger partial charge in [0.1, 0.15) is 0 Å². The summed E-state index contributed by atoms with van der Waals surface area (Å²) in [5, 5.41) is 1.02. The molecule has 0 saturated carbocycles. The Morgan fingerprint density at radius 1 is 1.24 bits per heavy atom. The van der Waals surface area contributed by atoms with Crippen LogP contribution >= 0.6 is 0 Å². The van der Waals surface area contributed by atoms with Gasteiger partial charge in [0, 0.05) is 36.7 Å². The summed E-state index contributed by atoms with van der Waals surface area (Å²) < 4.78 is 7.32. The smallest absolute Gasteiger partial charge is 0.340 e. The molecule has 4 nitrogen and oxygen atoms in total. The zero-order valence-electron chi connectivity index (χ0n) is 13.2. The lowest BCUT2D eigenvalue weighted by Crippen LogP contribution is -2.14. The normalized spacial score (nSPS) is 14.7. The van der Waals surface area contributed by atoms with E-state index in [1.54, 1.807) is 0 Å². The molecule has 0 aliphatic carbocycles. The second-order valence-electron chi connectivity index (χ2n) is 5.68. The number of esters is 1. The van der Waals surface area contributed by atoms with Crippen LogP contribution in [0.3, 0.4) is 0 Å². The Labute approximate surface area is 125 Å². The van der Waals surface area contributed by atoms with Crippen LogP contribution in [-0.2, 0) is 24.9 Å². The Balaban J connectivity index is 2.17. The van der Waals surface area contributed by atoms with Gasteiger partial charge in [-0.25, -0.2) is 4.79 Å². The van der Waals surface area contributed by atoms with Crippen molar-refractivity contribution < 1.29 is 9.53 Å². The maximum Gasteiger partial charge on any atom is 0.340 e. The molecule has 2 aromatic rings. The Bertz CT molecular complexity index is 715. The fourth-order valence-electron chi connectivity index (χ4n) is 3.21. The third-order valence-electron chi connectivity index (χ3n) is 4.53. The van der Waals surface area contributed by atoms with E-state index in [1.807, 2.05) is 20.9 Å². The number of fused-ring (bicyclic) bond motifs is 2. The fraction of sp³-hybridized carbons (Fsp3) is 0.471. The second kappa shape index (κ2) is 5.19. The van der Waals surface area contributed by atoms with Crippen LogP contribution in [0.4, 0.5) is 0 Å². The highest BCUT2D eigenvalue weighted by atomic mass is 16.5. The maximum absolute atomic E-state index is 12.3. The lowest BCUT2D eigenvalue weighted by atomic mass is 10.0. The maximum atomic E-state index is 12.3. The first-order chi connectivity index (χ1) is 10.1. The van der Waals surface area contributed by atoms with Gasteiger partial charge in [-0.1, -0.05) is 6.92 Å². The monoisotopic (exact) mass is 286 g/mol. The highest BCUT2D eigenvalue weighted by Gasteiger charge is 2.24. The lowest BCUT2D eigenvalue weighted by molar-refractivity contribution is 0.0527. The number of nitrogens with zero attached hydrogens (tertiary/aromatic N) is 2. The van der Waals surface area contributed by atoms with Gasteiger partial charge in [0.15, 0.2) is 0 Å². The molecule has 1 aromatic heterocycles. The van der Waals surface area contributed by atoms with Crippen molar-refractivity contribution >= 4 is 16.9 Å². The molecule has 0 amide bonds. The molecule has 0 bridgehead atoms. The number of ether oxygens (including phenoxy) is 1. The summed E-state index contributed by atoms with van der Waals surface area (Å²) in [6.07, 6.45) is 0. The summed E-state index contributed by atoms with van der Waals surface area (Å²) in [7, 11) is 2.01. The van der Waals surface area contributed by atoms with Crippen molar-refractivity contribution in [3.8, 4) is 0 Å². The van der Waals surface area contributed by atoms with Gasteiger partial charge < -0.3 is 9.30 Å². The molecule has 0 N–H and O–H groups in total. The highest BCUT2D eigenvalue weighted by molar-refractivity contribution is 6.06. The lowest BCUT2D eigenvalue weighted by Gasteiger charge is -2.09. The van der Waals surface area contributed by atoms with Gasteiger partial charge in [-0.05, 0) is 43.7 Å². The molecule has 0 radical (unpaired) electrons. The largest absolute Gasteiger partial charge is 0.462 e. The number of hydrogen-bond acceptors (Lipinski definition) is 3. The molecule has 2 heterocycles. The molecule has 0 unspecified atom stereocenters. The van der Waals surface area contributed by atoms with Gasteiger partial charge in [-0.15, -0.1) is 0 Å². The predicted octanol–water partition coefficient (Wildman–Crippen LogP) is 3.00. The fourth-order valence-corrected chi connectivity index (χ4v) is 3.21. The van der Waals surface area contributed by atoms with Crippen molar-refractivity contribution in [3.05, 3.63) is 34.5 Å². The zero-order valence-corrected chi connectivity index (χ0v) is 13.2. The summed E-state index contributed by atoms with van der Waals surface area (Å²) in [4.78, 5) is 14.7. The van der Waals surface area contributed by atoms with Crippen LogP contribution in [0.5, 0.6) is 0 Å². The minimum Gasteiger partial charge on any atom is -0.462 e. The van der Waals surface area contributed by atoms with Gasteiger partial charge in [0.05, 0.1) is 12.2 Å². The van der Waals surface area contributed by atoms with E-state index in [9.17, 15) is 4.79 Å². The standard InChI is InChI=1S/C17H22N2O2/c1-5-19-9-12-7-14-15(8-13(12)10-19)18(4)11(3)16(14)17(20)21-6-2/h7-8H,5-6,9-10H2,1-4H3. The van der Waals surface area contributed by atoms with Gasteiger partial charge >= 0.3 is 5.97 Å². The Hall–Kier alpha value is -1.81. The molecule has 3 rings (SSSR count). The van der Waals surface area contributed by atoms with E-state index in [1.165, 1.54) is 11.1 Å². The number of carbonyl (C=O) groups is 1. The highest BCUT2D eigenvalue weighted by Crippen LogP contribution is 2.32. The average Bonchev–Trinajstić information content (AvgIpc) is 2.97. The first kappa shape index (κ1) is 14.1. The number of hydrogen-bond donors (Lipinski definition) is 0. The van der Waals surface area contributed by atoms with Crippen molar-refractivity contribution in [1.29, 1.82) is 0 Å². The molecule has 21 heavy (non-hydrogen) atoms. The molecule has 1 aliphatic rings. The van der Waals surface area contributed by atoms with Crippen molar-refractivity contribution in [2.24, 2.45) is 7.05 Å². The van der Waals surface area contributed by atoms with Crippen LogP contribution in [0.25, 0.3) is 10.9 Å². The Morgan fingerprint density at radius 2 is 1.90 bits per heavy atom. The molecule has 0 fully saturated rings. The first-order valence-corrected chi connectivity index (χ1v) is 7.57. The number of aromatic nitrogens is 1. The summed E-state index contributed by atoms with van der Waals surface area (Å²) >= 11 is 0. The van der Waals surface area contributed by atoms with E-state index in [-0.39, 0.29) is 5.97 Å². The molecule has 0 saturated heterocycles. The minimum absolute atomic E-state index is 0.217. The van der Waals surface area contributed by atoms with E-state index in [2.05, 4.69) is 28.5 Å². The number of benzene rings is 1. The topological polar surface area (TPSA) is 34.5 Å². The Kier molecular flexibility index (Phi) is 3.49. The van der Waals surface area contributed by atoms with Crippen molar-refractivity contribution in [2.75, 3.05) is 13.2 Å². The zero-order chi connectivity index (χ0) is 15.1. The van der Waals surface area contributed by atoms with Crippen LogP contribution in [0.1, 0.15) is 41.0 Å². The first-order valence-electron chi connectivity index (χ1n) is 7.57. The number of aryl methyl sites for hydroxylation is 1. The quantitative estimate of drug-likeness (QED) is 0.814. The summed E-state index contributed by atoms with van der Waals surface area (Å²) in [5.74, 6) is -0.217.